The largest absolute Gasteiger partial charge is 0.398 e. The van der Waals surface area contributed by atoms with Gasteiger partial charge in [-0.3, -0.25) is 4.99 Å². The SMILES string of the molecule is CN=Cc1cc(C)cc(C)c1N. The molecule has 1 aromatic rings. The van der Waals surface area contributed by atoms with E-state index in [4.69, 9.17) is 5.73 Å². The zero-order valence-electron chi connectivity index (χ0n) is 7.76. The van der Waals surface area contributed by atoms with Gasteiger partial charge in [-0.1, -0.05) is 11.6 Å². The lowest BCUT2D eigenvalue weighted by Gasteiger charge is -2.05. The molecular weight excluding hydrogens is 148 g/mol. The first-order valence-corrected chi connectivity index (χ1v) is 3.94. The molecule has 0 aliphatic carbocycles. The highest BCUT2D eigenvalue weighted by Gasteiger charge is 1.99. The summed E-state index contributed by atoms with van der Waals surface area (Å²) in [6, 6.07) is 4.11. The van der Waals surface area contributed by atoms with E-state index in [-0.39, 0.29) is 0 Å². The summed E-state index contributed by atoms with van der Waals surface area (Å²) in [5.41, 5.74) is 10.0. The van der Waals surface area contributed by atoms with E-state index in [1.807, 2.05) is 13.0 Å². The van der Waals surface area contributed by atoms with Crippen molar-refractivity contribution in [3.63, 3.8) is 0 Å². The van der Waals surface area contributed by atoms with E-state index in [2.05, 4.69) is 18.0 Å². The van der Waals surface area contributed by atoms with Gasteiger partial charge in [0, 0.05) is 24.5 Å². The van der Waals surface area contributed by atoms with Crippen molar-refractivity contribution in [3.05, 3.63) is 28.8 Å². The number of nitrogens with two attached hydrogens (primary N) is 1. The molecule has 2 N–H and O–H groups in total. The number of rotatable bonds is 1. The van der Waals surface area contributed by atoms with E-state index in [0.717, 1.165) is 16.8 Å². The van der Waals surface area contributed by atoms with Crippen molar-refractivity contribution in [2.75, 3.05) is 12.8 Å². The molecule has 0 saturated carbocycles. The fourth-order valence-electron chi connectivity index (χ4n) is 1.26. The zero-order chi connectivity index (χ0) is 9.14. The van der Waals surface area contributed by atoms with Crippen molar-refractivity contribution in [2.24, 2.45) is 4.99 Å². The Morgan fingerprint density at radius 1 is 1.33 bits per heavy atom. The summed E-state index contributed by atoms with van der Waals surface area (Å²) in [5.74, 6) is 0. The summed E-state index contributed by atoms with van der Waals surface area (Å²) >= 11 is 0. The van der Waals surface area contributed by atoms with E-state index in [1.54, 1.807) is 13.3 Å². The Morgan fingerprint density at radius 2 is 2.00 bits per heavy atom. The number of anilines is 1. The highest BCUT2D eigenvalue weighted by atomic mass is 14.7. The molecule has 0 bridgehead atoms. The van der Waals surface area contributed by atoms with Gasteiger partial charge >= 0.3 is 0 Å². The highest BCUT2D eigenvalue weighted by molar-refractivity contribution is 5.88. The third-order valence-corrected chi connectivity index (χ3v) is 1.83. The number of nitrogens with zero attached hydrogens (tertiary/aromatic N) is 1. The van der Waals surface area contributed by atoms with Crippen molar-refractivity contribution >= 4 is 11.9 Å². The van der Waals surface area contributed by atoms with Crippen LogP contribution >= 0.6 is 0 Å². The van der Waals surface area contributed by atoms with Gasteiger partial charge in [-0.25, -0.2) is 0 Å². The Labute approximate surface area is 73.1 Å². The van der Waals surface area contributed by atoms with Crippen LogP contribution in [0.1, 0.15) is 16.7 Å². The quantitative estimate of drug-likeness (QED) is 0.497. The van der Waals surface area contributed by atoms with E-state index >= 15 is 0 Å². The maximum absolute atomic E-state index is 5.85. The molecule has 0 saturated heterocycles. The van der Waals surface area contributed by atoms with Crippen molar-refractivity contribution in [1.29, 1.82) is 0 Å². The van der Waals surface area contributed by atoms with Gasteiger partial charge in [0.15, 0.2) is 0 Å². The molecule has 0 atom stereocenters. The maximum Gasteiger partial charge on any atom is 0.0432 e. The van der Waals surface area contributed by atoms with E-state index in [1.165, 1.54) is 5.56 Å². The van der Waals surface area contributed by atoms with Crippen LogP contribution in [0.4, 0.5) is 5.69 Å². The van der Waals surface area contributed by atoms with Gasteiger partial charge in [-0.15, -0.1) is 0 Å². The van der Waals surface area contributed by atoms with Crippen molar-refractivity contribution < 1.29 is 0 Å². The molecule has 12 heavy (non-hydrogen) atoms. The Balaban J connectivity index is 3.27. The molecule has 1 rings (SSSR count). The number of hydrogen-bond donors (Lipinski definition) is 1. The van der Waals surface area contributed by atoms with Gasteiger partial charge in [0.05, 0.1) is 0 Å². The summed E-state index contributed by atoms with van der Waals surface area (Å²) in [5, 5.41) is 0. The molecular formula is C10H14N2. The van der Waals surface area contributed by atoms with Gasteiger partial charge in [-0.2, -0.15) is 0 Å². The minimum atomic E-state index is 0.825. The third kappa shape index (κ3) is 1.64. The van der Waals surface area contributed by atoms with Crippen LogP contribution in [-0.4, -0.2) is 13.3 Å². The first-order valence-electron chi connectivity index (χ1n) is 3.94. The maximum atomic E-state index is 5.85. The lowest BCUT2D eigenvalue weighted by Crippen LogP contribution is -1.97. The Bertz CT molecular complexity index is 314. The van der Waals surface area contributed by atoms with E-state index in [0.29, 0.717) is 0 Å². The molecule has 2 nitrogen and oxygen atoms in total. The zero-order valence-corrected chi connectivity index (χ0v) is 7.76. The lowest BCUT2D eigenvalue weighted by molar-refractivity contribution is 1.37. The molecule has 64 valence electrons. The highest BCUT2D eigenvalue weighted by Crippen LogP contribution is 2.17. The first kappa shape index (κ1) is 8.78. The predicted molar refractivity (Wildman–Crippen MR) is 53.8 cm³/mol. The average Bonchev–Trinajstić information content (AvgIpc) is 2.00. The van der Waals surface area contributed by atoms with E-state index in [9.17, 15) is 0 Å². The Hall–Kier alpha value is -1.31. The smallest absolute Gasteiger partial charge is 0.0432 e. The summed E-state index contributed by atoms with van der Waals surface area (Å²) in [6.45, 7) is 4.06. The second-order valence-electron chi connectivity index (χ2n) is 2.97. The summed E-state index contributed by atoms with van der Waals surface area (Å²) in [7, 11) is 1.75. The molecule has 0 spiro atoms. The van der Waals surface area contributed by atoms with Gasteiger partial charge in [0.2, 0.25) is 0 Å². The minimum Gasteiger partial charge on any atom is -0.398 e. The third-order valence-electron chi connectivity index (χ3n) is 1.83. The molecule has 2 heteroatoms. The van der Waals surface area contributed by atoms with Crippen molar-refractivity contribution in [2.45, 2.75) is 13.8 Å². The fraction of sp³-hybridized carbons (Fsp3) is 0.300. The first-order chi connectivity index (χ1) is 5.65. The number of hydrogen-bond acceptors (Lipinski definition) is 2. The topological polar surface area (TPSA) is 38.4 Å². The van der Waals surface area contributed by atoms with Crippen LogP contribution in [0.3, 0.4) is 0 Å². The standard InChI is InChI=1S/C10H14N2/c1-7-4-8(2)10(11)9(5-7)6-12-3/h4-6H,11H2,1-3H3. The molecule has 0 heterocycles. The van der Waals surface area contributed by atoms with Crippen molar-refractivity contribution in [1.82, 2.24) is 0 Å². The van der Waals surface area contributed by atoms with Gasteiger partial charge in [0.1, 0.15) is 0 Å². The Morgan fingerprint density at radius 3 is 2.58 bits per heavy atom. The van der Waals surface area contributed by atoms with Crippen LogP contribution in [-0.2, 0) is 0 Å². The van der Waals surface area contributed by atoms with Crippen molar-refractivity contribution in [3.8, 4) is 0 Å². The number of aliphatic imine (C=N–C) groups is 1. The van der Waals surface area contributed by atoms with Gasteiger partial charge in [0.25, 0.3) is 0 Å². The van der Waals surface area contributed by atoms with Crippen LogP contribution in [0.25, 0.3) is 0 Å². The number of aryl methyl sites for hydroxylation is 2. The number of benzene rings is 1. The van der Waals surface area contributed by atoms with Gasteiger partial charge in [-0.05, 0) is 25.5 Å². The van der Waals surface area contributed by atoms with Crippen LogP contribution in [0.15, 0.2) is 17.1 Å². The second kappa shape index (κ2) is 3.39. The lowest BCUT2D eigenvalue weighted by atomic mass is 10.1. The predicted octanol–water partition coefficient (Wildman–Crippen LogP) is 1.93. The van der Waals surface area contributed by atoms with E-state index < -0.39 is 0 Å². The monoisotopic (exact) mass is 162 g/mol. The molecule has 0 aliphatic heterocycles. The number of nitrogen functional groups attached to an aromatic ring is 1. The molecule has 0 fully saturated rings. The molecule has 0 radical (unpaired) electrons. The summed E-state index contributed by atoms with van der Waals surface area (Å²) in [6.07, 6.45) is 1.79. The second-order valence-corrected chi connectivity index (χ2v) is 2.97. The summed E-state index contributed by atoms with van der Waals surface area (Å²) < 4.78 is 0. The molecule has 1 aromatic carbocycles. The molecule has 0 aliphatic rings. The van der Waals surface area contributed by atoms with Gasteiger partial charge < -0.3 is 5.73 Å². The van der Waals surface area contributed by atoms with Crippen LogP contribution in [0, 0.1) is 13.8 Å². The minimum absolute atomic E-state index is 0.825. The fourth-order valence-corrected chi connectivity index (χ4v) is 1.26. The van der Waals surface area contributed by atoms with Crippen LogP contribution in [0.5, 0.6) is 0 Å². The Kier molecular flexibility index (Phi) is 2.48. The van der Waals surface area contributed by atoms with Crippen LogP contribution in [0.2, 0.25) is 0 Å². The van der Waals surface area contributed by atoms with Crippen LogP contribution < -0.4 is 5.73 Å². The average molecular weight is 162 g/mol. The summed E-state index contributed by atoms with van der Waals surface area (Å²) in [4.78, 5) is 3.94. The molecule has 0 amide bonds. The molecule has 0 aromatic heterocycles. The molecule has 0 unspecified atom stereocenters. The normalized spacial score (nSPS) is 10.9.